The molecule has 1 atom stereocenters. The van der Waals surface area contributed by atoms with Gasteiger partial charge >= 0.3 is 0 Å². The van der Waals surface area contributed by atoms with E-state index in [4.69, 9.17) is 0 Å². The lowest BCUT2D eigenvalue weighted by molar-refractivity contribution is 0.106. The molecular formula is C14H28N2. The predicted molar refractivity (Wildman–Crippen MR) is 71.0 cm³/mol. The fraction of sp³-hybridized carbons (Fsp3) is 0.857. The van der Waals surface area contributed by atoms with E-state index in [1.165, 1.54) is 38.8 Å². The minimum atomic E-state index is 0.594. The van der Waals surface area contributed by atoms with Gasteiger partial charge in [-0.05, 0) is 18.8 Å². The Labute approximate surface area is 101 Å². The van der Waals surface area contributed by atoms with E-state index >= 15 is 0 Å². The van der Waals surface area contributed by atoms with Gasteiger partial charge in [-0.2, -0.15) is 0 Å². The van der Waals surface area contributed by atoms with Crippen LogP contribution in [0.25, 0.3) is 0 Å². The summed E-state index contributed by atoms with van der Waals surface area (Å²) in [7, 11) is 0. The van der Waals surface area contributed by atoms with Crippen molar-refractivity contribution in [1.29, 1.82) is 0 Å². The lowest BCUT2D eigenvalue weighted by Crippen LogP contribution is -2.43. The van der Waals surface area contributed by atoms with Gasteiger partial charge in [-0.3, -0.25) is 0 Å². The van der Waals surface area contributed by atoms with Gasteiger partial charge in [-0.25, -0.2) is 0 Å². The first-order chi connectivity index (χ1) is 7.70. The van der Waals surface area contributed by atoms with Crippen LogP contribution in [0.1, 0.15) is 53.4 Å². The SMILES string of the molecule is CCCCCN1C=CN(CCC)C1C(C)C. The summed E-state index contributed by atoms with van der Waals surface area (Å²) in [4.78, 5) is 5.02. The van der Waals surface area contributed by atoms with Crippen molar-refractivity contribution in [3.05, 3.63) is 12.4 Å². The summed E-state index contributed by atoms with van der Waals surface area (Å²) in [5, 5.41) is 0. The lowest BCUT2D eigenvalue weighted by atomic mass is 10.1. The van der Waals surface area contributed by atoms with Crippen LogP contribution in [0.2, 0.25) is 0 Å². The molecule has 0 aromatic heterocycles. The van der Waals surface area contributed by atoms with Crippen molar-refractivity contribution in [1.82, 2.24) is 9.80 Å². The maximum Gasteiger partial charge on any atom is 0.103 e. The maximum absolute atomic E-state index is 2.52. The first-order valence-electron chi connectivity index (χ1n) is 6.90. The van der Waals surface area contributed by atoms with Gasteiger partial charge in [-0.1, -0.05) is 40.5 Å². The molecule has 2 heteroatoms. The van der Waals surface area contributed by atoms with E-state index in [-0.39, 0.29) is 0 Å². The zero-order valence-corrected chi connectivity index (χ0v) is 11.4. The normalized spacial score (nSPS) is 20.2. The maximum atomic E-state index is 2.52. The van der Waals surface area contributed by atoms with E-state index < -0.39 is 0 Å². The molecule has 0 aromatic carbocycles. The molecule has 1 heterocycles. The molecule has 0 saturated carbocycles. The van der Waals surface area contributed by atoms with Gasteiger partial charge in [0, 0.05) is 25.5 Å². The van der Waals surface area contributed by atoms with Gasteiger partial charge < -0.3 is 9.80 Å². The summed E-state index contributed by atoms with van der Waals surface area (Å²) >= 11 is 0. The van der Waals surface area contributed by atoms with Gasteiger partial charge in [0.05, 0.1) is 0 Å². The second kappa shape index (κ2) is 6.82. The Kier molecular flexibility index (Phi) is 5.72. The standard InChI is InChI=1S/C14H28N2/c1-5-7-8-10-16-12-11-15(9-6-2)14(16)13(3)4/h11-14H,5-10H2,1-4H3. The molecule has 0 bridgehead atoms. The van der Waals surface area contributed by atoms with E-state index in [0.29, 0.717) is 12.1 Å². The van der Waals surface area contributed by atoms with Crippen molar-refractivity contribution >= 4 is 0 Å². The van der Waals surface area contributed by atoms with Crippen LogP contribution in [0.15, 0.2) is 12.4 Å². The molecule has 0 saturated heterocycles. The molecule has 0 radical (unpaired) electrons. The van der Waals surface area contributed by atoms with Crippen molar-refractivity contribution in [3.63, 3.8) is 0 Å². The number of hydrogen-bond donors (Lipinski definition) is 0. The predicted octanol–water partition coefficient (Wildman–Crippen LogP) is 3.66. The minimum Gasteiger partial charge on any atom is -0.356 e. The van der Waals surface area contributed by atoms with E-state index in [0.717, 1.165) is 0 Å². The molecule has 0 aliphatic carbocycles. The summed E-state index contributed by atoms with van der Waals surface area (Å²) in [5.41, 5.74) is 0. The second-order valence-corrected chi connectivity index (χ2v) is 5.14. The summed E-state index contributed by atoms with van der Waals surface area (Å²) in [6, 6.07) is 0. The number of hydrogen-bond acceptors (Lipinski definition) is 2. The van der Waals surface area contributed by atoms with Crippen LogP contribution in [0, 0.1) is 5.92 Å². The van der Waals surface area contributed by atoms with Crippen LogP contribution in [0.4, 0.5) is 0 Å². The van der Waals surface area contributed by atoms with Crippen LogP contribution in [-0.2, 0) is 0 Å². The van der Waals surface area contributed by atoms with Crippen LogP contribution in [-0.4, -0.2) is 29.1 Å². The van der Waals surface area contributed by atoms with E-state index in [1.807, 2.05) is 0 Å². The van der Waals surface area contributed by atoms with Gasteiger partial charge in [0.15, 0.2) is 0 Å². The van der Waals surface area contributed by atoms with Crippen molar-refractivity contribution in [2.24, 2.45) is 5.92 Å². The lowest BCUT2D eigenvalue weighted by Gasteiger charge is -2.35. The van der Waals surface area contributed by atoms with E-state index in [9.17, 15) is 0 Å². The van der Waals surface area contributed by atoms with Gasteiger partial charge in [-0.15, -0.1) is 0 Å². The Morgan fingerprint density at radius 3 is 2.06 bits per heavy atom. The molecular weight excluding hydrogens is 196 g/mol. The largest absolute Gasteiger partial charge is 0.356 e. The smallest absolute Gasteiger partial charge is 0.103 e. The minimum absolute atomic E-state index is 0.594. The quantitative estimate of drug-likeness (QED) is 0.609. The topological polar surface area (TPSA) is 6.48 Å². The van der Waals surface area contributed by atoms with Crippen molar-refractivity contribution < 1.29 is 0 Å². The average Bonchev–Trinajstić information content (AvgIpc) is 2.62. The van der Waals surface area contributed by atoms with Gasteiger partial charge in [0.25, 0.3) is 0 Å². The van der Waals surface area contributed by atoms with Crippen molar-refractivity contribution in [2.75, 3.05) is 13.1 Å². The fourth-order valence-electron chi connectivity index (χ4n) is 2.52. The first kappa shape index (κ1) is 13.4. The molecule has 2 nitrogen and oxygen atoms in total. The highest BCUT2D eigenvalue weighted by Gasteiger charge is 2.27. The zero-order valence-electron chi connectivity index (χ0n) is 11.4. The van der Waals surface area contributed by atoms with Crippen LogP contribution < -0.4 is 0 Å². The molecule has 1 unspecified atom stereocenters. The third-order valence-corrected chi connectivity index (χ3v) is 3.23. The molecule has 1 aliphatic rings. The van der Waals surface area contributed by atoms with Crippen molar-refractivity contribution in [2.45, 2.75) is 59.5 Å². The van der Waals surface area contributed by atoms with E-state index in [2.05, 4.69) is 49.9 Å². The molecule has 0 N–H and O–H groups in total. The summed E-state index contributed by atoms with van der Waals surface area (Å²) < 4.78 is 0. The Morgan fingerprint density at radius 2 is 1.56 bits per heavy atom. The molecule has 1 rings (SSSR count). The number of rotatable bonds is 7. The molecule has 1 aliphatic heterocycles. The Morgan fingerprint density at radius 1 is 0.938 bits per heavy atom. The molecule has 0 spiro atoms. The highest BCUT2D eigenvalue weighted by atomic mass is 15.4. The van der Waals surface area contributed by atoms with Gasteiger partial charge in [0.1, 0.15) is 6.17 Å². The fourth-order valence-corrected chi connectivity index (χ4v) is 2.52. The van der Waals surface area contributed by atoms with Crippen LogP contribution >= 0.6 is 0 Å². The Bertz CT molecular complexity index is 211. The second-order valence-electron chi connectivity index (χ2n) is 5.14. The monoisotopic (exact) mass is 224 g/mol. The van der Waals surface area contributed by atoms with Crippen LogP contribution in [0.3, 0.4) is 0 Å². The van der Waals surface area contributed by atoms with E-state index in [1.54, 1.807) is 0 Å². The molecule has 0 aromatic rings. The summed E-state index contributed by atoms with van der Waals surface area (Å²) in [6.45, 7) is 11.6. The first-order valence-corrected chi connectivity index (χ1v) is 6.90. The molecule has 16 heavy (non-hydrogen) atoms. The summed E-state index contributed by atoms with van der Waals surface area (Å²) in [6.07, 6.45) is 10.4. The molecule has 0 fully saturated rings. The molecule has 0 amide bonds. The highest BCUT2D eigenvalue weighted by Crippen LogP contribution is 2.23. The molecule has 94 valence electrons. The Hall–Kier alpha value is -0.660. The third-order valence-electron chi connectivity index (χ3n) is 3.23. The number of unbranched alkanes of at least 4 members (excludes halogenated alkanes) is 2. The summed E-state index contributed by atoms with van der Waals surface area (Å²) in [5.74, 6) is 0.697. The van der Waals surface area contributed by atoms with Crippen LogP contribution in [0.5, 0.6) is 0 Å². The third kappa shape index (κ3) is 3.43. The van der Waals surface area contributed by atoms with Crippen molar-refractivity contribution in [3.8, 4) is 0 Å². The average molecular weight is 224 g/mol. The van der Waals surface area contributed by atoms with Gasteiger partial charge in [0.2, 0.25) is 0 Å². The Balaban J connectivity index is 2.47. The highest BCUT2D eigenvalue weighted by molar-refractivity contribution is 4.97. The number of nitrogens with zero attached hydrogens (tertiary/aromatic N) is 2. The zero-order chi connectivity index (χ0) is 12.0.